The van der Waals surface area contributed by atoms with Crippen molar-refractivity contribution in [2.75, 3.05) is 0 Å². The summed E-state index contributed by atoms with van der Waals surface area (Å²) in [5.74, 6) is 0. The summed E-state index contributed by atoms with van der Waals surface area (Å²) in [4.78, 5) is 8.02. The Kier molecular flexibility index (Phi) is 4.06. The van der Waals surface area contributed by atoms with E-state index in [1.807, 2.05) is 0 Å². The van der Waals surface area contributed by atoms with Crippen LogP contribution in [0.1, 0.15) is 37.8 Å². The fourth-order valence-corrected chi connectivity index (χ4v) is 3.90. The van der Waals surface area contributed by atoms with Crippen molar-refractivity contribution in [3.63, 3.8) is 0 Å². The molecule has 0 spiro atoms. The number of benzene rings is 1. The zero-order chi connectivity index (χ0) is 14.9. The van der Waals surface area contributed by atoms with Gasteiger partial charge >= 0.3 is 6.18 Å². The molecule has 0 bridgehead atoms. The third kappa shape index (κ3) is 3.31. The topological polar surface area (TPSA) is 25.8 Å². The predicted octanol–water partition coefficient (Wildman–Crippen LogP) is 5.07. The third-order valence-electron chi connectivity index (χ3n) is 3.64. The van der Waals surface area contributed by atoms with Crippen molar-refractivity contribution >= 4 is 22.8 Å². The molecule has 1 aliphatic carbocycles. The Hall–Kier alpha value is -1.30. The summed E-state index contributed by atoms with van der Waals surface area (Å²) in [6, 6.07) is 6.70. The van der Waals surface area contributed by atoms with E-state index in [1.54, 1.807) is 24.3 Å². The Morgan fingerprint density at radius 3 is 2.19 bits per heavy atom. The van der Waals surface area contributed by atoms with Crippen LogP contribution in [0.25, 0.3) is 11.0 Å². The van der Waals surface area contributed by atoms with Crippen LogP contribution < -0.4 is 0 Å². The van der Waals surface area contributed by atoms with Crippen LogP contribution >= 0.6 is 11.8 Å². The second-order valence-electron chi connectivity index (χ2n) is 5.24. The van der Waals surface area contributed by atoms with E-state index in [1.165, 1.54) is 18.2 Å². The van der Waals surface area contributed by atoms with Crippen LogP contribution in [0.2, 0.25) is 0 Å². The number of nitrogens with zero attached hydrogens (tertiary/aromatic N) is 2. The number of aromatic nitrogens is 2. The summed E-state index contributed by atoms with van der Waals surface area (Å²) >= 11 is 1.24. The normalized spacial score (nSPS) is 17.3. The maximum atomic E-state index is 13.2. The smallest absolute Gasteiger partial charge is 0.239 e. The molecule has 0 aliphatic heterocycles. The Morgan fingerprint density at radius 1 is 0.952 bits per heavy atom. The first kappa shape index (κ1) is 14.6. The van der Waals surface area contributed by atoms with E-state index in [9.17, 15) is 13.2 Å². The first-order valence-corrected chi connectivity index (χ1v) is 7.92. The lowest BCUT2D eigenvalue weighted by molar-refractivity contribution is -0.143. The average molecular weight is 312 g/mol. The van der Waals surface area contributed by atoms with E-state index in [4.69, 9.17) is 0 Å². The average Bonchev–Trinajstić information content (AvgIpc) is 2.46. The molecule has 1 aromatic carbocycles. The van der Waals surface area contributed by atoms with Gasteiger partial charge in [0.15, 0.2) is 5.69 Å². The molecule has 112 valence electrons. The van der Waals surface area contributed by atoms with Crippen LogP contribution in [-0.4, -0.2) is 15.2 Å². The van der Waals surface area contributed by atoms with Crippen molar-refractivity contribution < 1.29 is 13.2 Å². The first-order chi connectivity index (χ1) is 10.0. The zero-order valence-corrected chi connectivity index (χ0v) is 12.2. The van der Waals surface area contributed by atoms with Gasteiger partial charge in [-0.25, -0.2) is 9.97 Å². The highest BCUT2D eigenvalue weighted by atomic mass is 32.2. The number of fused-ring (bicyclic) bond motifs is 1. The first-order valence-electron chi connectivity index (χ1n) is 7.05. The van der Waals surface area contributed by atoms with E-state index < -0.39 is 11.9 Å². The molecular weight excluding hydrogens is 297 g/mol. The maximum absolute atomic E-state index is 13.2. The lowest BCUT2D eigenvalue weighted by Gasteiger charge is -2.21. The molecule has 1 fully saturated rings. The number of hydrogen-bond acceptors (Lipinski definition) is 3. The molecule has 0 saturated heterocycles. The van der Waals surface area contributed by atoms with Gasteiger partial charge in [-0.15, -0.1) is 11.8 Å². The van der Waals surface area contributed by atoms with E-state index >= 15 is 0 Å². The molecule has 2 aromatic rings. The number of halogens is 3. The van der Waals surface area contributed by atoms with Gasteiger partial charge in [0.25, 0.3) is 0 Å². The third-order valence-corrected chi connectivity index (χ3v) is 4.95. The Morgan fingerprint density at radius 2 is 1.57 bits per heavy atom. The number of hydrogen-bond donors (Lipinski definition) is 0. The largest absolute Gasteiger partial charge is 0.436 e. The summed E-state index contributed by atoms with van der Waals surface area (Å²) in [6.07, 6.45) is 0.785. The van der Waals surface area contributed by atoms with Gasteiger partial charge in [0, 0.05) is 5.25 Å². The Balaban J connectivity index is 2.01. The molecular formula is C15H15F3N2S. The fourth-order valence-electron chi connectivity index (χ4n) is 2.59. The number of alkyl halides is 3. The van der Waals surface area contributed by atoms with Gasteiger partial charge in [-0.2, -0.15) is 13.2 Å². The molecule has 2 nitrogen and oxygen atoms in total. The minimum absolute atomic E-state index is 0.0214. The molecule has 0 radical (unpaired) electrons. The molecule has 1 aromatic heterocycles. The van der Waals surface area contributed by atoms with Gasteiger partial charge in [-0.3, -0.25) is 0 Å². The molecule has 0 amide bonds. The Labute approximate surface area is 125 Å². The minimum atomic E-state index is -4.46. The number of rotatable bonds is 2. The van der Waals surface area contributed by atoms with E-state index in [0.717, 1.165) is 25.7 Å². The van der Waals surface area contributed by atoms with E-state index in [2.05, 4.69) is 9.97 Å². The van der Waals surface area contributed by atoms with Crippen LogP contribution in [0.15, 0.2) is 29.3 Å². The van der Waals surface area contributed by atoms with Crippen molar-refractivity contribution in [2.45, 2.75) is 48.6 Å². The molecule has 1 saturated carbocycles. The van der Waals surface area contributed by atoms with Gasteiger partial charge in [0.1, 0.15) is 5.03 Å². The van der Waals surface area contributed by atoms with Crippen molar-refractivity contribution in [1.29, 1.82) is 0 Å². The highest BCUT2D eigenvalue weighted by molar-refractivity contribution is 7.99. The van der Waals surface area contributed by atoms with Gasteiger partial charge in [0.2, 0.25) is 0 Å². The van der Waals surface area contributed by atoms with Crippen molar-refractivity contribution in [3.05, 3.63) is 30.0 Å². The quantitative estimate of drug-likeness (QED) is 0.774. The molecule has 0 unspecified atom stereocenters. The second kappa shape index (κ2) is 5.83. The number of thioether (sulfide) groups is 1. The zero-order valence-electron chi connectivity index (χ0n) is 11.4. The monoisotopic (exact) mass is 312 g/mol. The van der Waals surface area contributed by atoms with Crippen molar-refractivity contribution in [1.82, 2.24) is 9.97 Å². The number of para-hydroxylation sites is 2. The van der Waals surface area contributed by atoms with E-state index in [-0.39, 0.29) is 15.8 Å². The summed E-state index contributed by atoms with van der Waals surface area (Å²) in [7, 11) is 0. The summed E-state index contributed by atoms with van der Waals surface area (Å²) in [5.41, 5.74) is -0.0431. The molecule has 1 heterocycles. The van der Waals surface area contributed by atoms with Crippen molar-refractivity contribution in [2.24, 2.45) is 0 Å². The lowest BCUT2D eigenvalue weighted by atomic mass is 10.0. The second-order valence-corrected chi connectivity index (χ2v) is 6.53. The standard InChI is InChI=1S/C15H15F3N2S/c16-15(17,18)13-14(21-10-6-2-1-3-7-10)20-12-9-5-4-8-11(12)19-13/h4-5,8-10H,1-3,6-7H2. The summed E-state index contributed by atoms with van der Waals surface area (Å²) in [6.45, 7) is 0. The van der Waals surface area contributed by atoms with Gasteiger partial charge in [-0.05, 0) is 25.0 Å². The Bertz CT molecular complexity index is 636. The van der Waals surface area contributed by atoms with Crippen LogP contribution in [0, 0.1) is 0 Å². The van der Waals surface area contributed by atoms with Gasteiger partial charge < -0.3 is 0 Å². The molecule has 1 aliphatic rings. The molecule has 21 heavy (non-hydrogen) atoms. The minimum Gasteiger partial charge on any atom is -0.239 e. The van der Waals surface area contributed by atoms with Gasteiger partial charge in [0.05, 0.1) is 11.0 Å². The van der Waals surface area contributed by atoms with Crippen LogP contribution in [-0.2, 0) is 6.18 Å². The van der Waals surface area contributed by atoms with Crippen LogP contribution in [0.3, 0.4) is 0 Å². The molecule has 6 heteroatoms. The SMILES string of the molecule is FC(F)(F)c1nc2ccccc2nc1SC1CCCCC1. The van der Waals surface area contributed by atoms with Crippen LogP contribution in [0.5, 0.6) is 0 Å². The van der Waals surface area contributed by atoms with Gasteiger partial charge in [-0.1, -0.05) is 31.4 Å². The predicted molar refractivity (Wildman–Crippen MR) is 77.3 cm³/mol. The summed E-state index contributed by atoms with van der Waals surface area (Å²) in [5, 5.41) is 0.239. The van der Waals surface area contributed by atoms with Crippen LogP contribution in [0.4, 0.5) is 13.2 Å². The molecule has 3 rings (SSSR count). The maximum Gasteiger partial charge on any atom is 0.436 e. The van der Waals surface area contributed by atoms with Crippen molar-refractivity contribution in [3.8, 4) is 0 Å². The highest BCUT2D eigenvalue weighted by Crippen LogP contribution is 2.40. The highest BCUT2D eigenvalue weighted by Gasteiger charge is 2.37. The fraction of sp³-hybridized carbons (Fsp3) is 0.467. The molecule has 0 atom stereocenters. The lowest BCUT2D eigenvalue weighted by Crippen LogP contribution is -2.14. The van der Waals surface area contributed by atoms with E-state index in [0.29, 0.717) is 5.52 Å². The summed E-state index contributed by atoms with van der Waals surface area (Å²) < 4.78 is 39.6. The molecule has 0 N–H and O–H groups in total.